The first-order valence-corrected chi connectivity index (χ1v) is 5.42. The number of aromatic nitrogens is 3. The summed E-state index contributed by atoms with van der Waals surface area (Å²) in [6.45, 7) is 1.78. The number of para-hydroxylation sites is 1. The lowest BCUT2D eigenvalue weighted by atomic mass is 10.1. The van der Waals surface area contributed by atoms with E-state index in [1.54, 1.807) is 19.1 Å². The van der Waals surface area contributed by atoms with Gasteiger partial charge in [-0.25, -0.2) is 4.98 Å². The van der Waals surface area contributed by atoms with Gasteiger partial charge < -0.3 is 5.32 Å². The highest BCUT2D eigenvalue weighted by Crippen LogP contribution is 2.30. The summed E-state index contributed by atoms with van der Waals surface area (Å²) in [4.78, 5) is 14.4. The quantitative estimate of drug-likeness (QED) is 0.636. The van der Waals surface area contributed by atoms with E-state index in [9.17, 15) is 10.1 Å². The number of hydrogen-bond donors (Lipinski definition) is 2. The van der Waals surface area contributed by atoms with Crippen LogP contribution in [-0.2, 0) is 0 Å². The zero-order chi connectivity index (χ0) is 13.8. The van der Waals surface area contributed by atoms with Crippen LogP contribution in [0.15, 0.2) is 24.5 Å². The third-order valence-electron chi connectivity index (χ3n) is 2.55. The summed E-state index contributed by atoms with van der Waals surface area (Å²) in [6, 6.07) is 6.05. The molecule has 1 aromatic carbocycles. The second kappa shape index (κ2) is 5.14. The molecule has 0 saturated heterocycles. The summed E-state index contributed by atoms with van der Waals surface area (Å²) in [5.74, 6) is 0.552. The van der Waals surface area contributed by atoms with Crippen molar-refractivity contribution < 1.29 is 4.92 Å². The number of nitro groups is 1. The van der Waals surface area contributed by atoms with Crippen molar-refractivity contribution >= 4 is 11.4 Å². The zero-order valence-corrected chi connectivity index (χ0v) is 9.99. The molecule has 0 spiro atoms. The van der Waals surface area contributed by atoms with E-state index < -0.39 is 4.92 Å². The van der Waals surface area contributed by atoms with Crippen LogP contribution in [0.1, 0.15) is 24.4 Å². The van der Waals surface area contributed by atoms with Gasteiger partial charge in [0.05, 0.1) is 11.0 Å². The van der Waals surface area contributed by atoms with E-state index in [4.69, 9.17) is 5.26 Å². The summed E-state index contributed by atoms with van der Waals surface area (Å²) in [6.07, 6.45) is 1.35. The Morgan fingerprint density at radius 3 is 2.95 bits per heavy atom. The first-order chi connectivity index (χ1) is 9.13. The molecule has 2 rings (SSSR count). The van der Waals surface area contributed by atoms with E-state index in [0.29, 0.717) is 5.82 Å². The van der Waals surface area contributed by atoms with E-state index in [1.165, 1.54) is 12.4 Å². The molecule has 0 bridgehead atoms. The normalized spacial score (nSPS) is 11.6. The number of H-pyrrole nitrogens is 1. The van der Waals surface area contributed by atoms with Crippen LogP contribution in [0.4, 0.5) is 11.4 Å². The van der Waals surface area contributed by atoms with Gasteiger partial charge in [0, 0.05) is 0 Å². The van der Waals surface area contributed by atoms with Gasteiger partial charge in [0.2, 0.25) is 0 Å². The molecule has 1 atom stereocenters. The molecule has 96 valence electrons. The van der Waals surface area contributed by atoms with Crippen molar-refractivity contribution in [3.63, 3.8) is 0 Å². The van der Waals surface area contributed by atoms with Crippen molar-refractivity contribution in [3.05, 3.63) is 46.0 Å². The van der Waals surface area contributed by atoms with Crippen molar-refractivity contribution in [2.45, 2.75) is 13.0 Å². The molecule has 8 heteroatoms. The number of hydrogen-bond acceptors (Lipinski definition) is 6. The Morgan fingerprint density at radius 2 is 2.37 bits per heavy atom. The predicted molar refractivity (Wildman–Crippen MR) is 66.2 cm³/mol. The Kier molecular flexibility index (Phi) is 3.38. The molecule has 2 N–H and O–H groups in total. The van der Waals surface area contributed by atoms with Gasteiger partial charge in [-0.15, -0.1) is 0 Å². The minimum Gasteiger partial charge on any atom is -0.370 e. The lowest BCUT2D eigenvalue weighted by molar-refractivity contribution is -0.384. The standard InChI is InChI=1S/C11H10N6O2/c1-7(11-13-6-14-16-11)15-9-4-2-3-8(5-12)10(9)17(18)19/h2-4,6-7,15H,1H3,(H,13,14,16). The smallest absolute Gasteiger partial charge is 0.309 e. The number of anilines is 1. The number of benzene rings is 1. The maximum atomic E-state index is 11.0. The third kappa shape index (κ3) is 2.50. The summed E-state index contributed by atoms with van der Waals surface area (Å²) in [5.41, 5.74) is 0.0454. The largest absolute Gasteiger partial charge is 0.370 e. The topological polar surface area (TPSA) is 121 Å². The fourth-order valence-corrected chi connectivity index (χ4v) is 1.67. The number of nitriles is 1. The first-order valence-electron chi connectivity index (χ1n) is 5.42. The number of nitro benzene ring substituents is 1. The molecular formula is C11H10N6O2. The van der Waals surface area contributed by atoms with Gasteiger partial charge in [0.1, 0.15) is 29.5 Å². The molecular weight excluding hydrogens is 248 g/mol. The molecule has 0 aliphatic rings. The molecule has 19 heavy (non-hydrogen) atoms. The Morgan fingerprint density at radius 1 is 1.58 bits per heavy atom. The molecule has 0 amide bonds. The lowest BCUT2D eigenvalue weighted by Gasteiger charge is -2.12. The van der Waals surface area contributed by atoms with Crippen molar-refractivity contribution in [1.29, 1.82) is 5.26 Å². The van der Waals surface area contributed by atoms with E-state index in [1.807, 2.05) is 6.07 Å². The molecule has 1 heterocycles. The monoisotopic (exact) mass is 258 g/mol. The number of nitrogens with one attached hydrogen (secondary N) is 2. The van der Waals surface area contributed by atoms with Crippen LogP contribution in [0.5, 0.6) is 0 Å². The molecule has 8 nitrogen and oxygen atoms in total. The third-order valence-corrected chi connectivity index (χ3v) is 2.55. The molecule has 1 unspecified atom stereocenters. The SMILES string of the molecule is CC(Nc1cccc(C#N)c1[N+](=O)[O-])c1ncn[nH]1. The van der Waals surface area contributed by atoms with E-state index in [-0.39, 0.29) is 23.0 Å². The Hall–Kier alpha value is -2.95. The average molecular weight is 258 g/mol. The van der Waals surface area contributed by atoms with Crippen molar-refractivity contribution in [1.82, 2.24) is 15.2 Å². The minimum absolute atomic E-state index is 0.0137. The maximum absolute atomic E-state index is 11.0. The van der Waals surface area contributed by atoms with Gasteiger partial charge in [0.25, 0.3) is 0 Å². The Labute approximate surface area is 108 Å². The minimum atomic E-state index is -0.575. The highest BCUT2D eigenvalue weighted by atomic mass is 16.6. The maximum Gasteiger partial charge on any atom is 0.309 e. The summed E-state index contributed by atoms with van der Waals surface area (Å²) in [7, 11) is 0. The van der Waals surface area contributed by atoms with E-state index in [0.717, 1.165) is 0 Å². The van der Waals surface area contributed by atoms with E-state index >= 15 is 0 Å². The van der Waals surface area contributed by atoms with E-state index in [2.05, 4.69) is 20.5 Å². The molecule has 0 saturated carbocycles. The van der Waals surface area contributed by atoms with Gasteiger partial charge in [0.15, 0.2) is 0 Å². The van der Waals surface area contributed by atoms with Gasteiger partial charge in [-0.3, -0.25) is 15.2 Å². The van der Waals surface area contributed by atoms with Crippen LogP contribution in [0, 0.1) is 21.4 Å². The fraction of sp³-hybridized carbons (Fsp3) is 0.182. The van der Waals surface area contributed by atoms with Crippen molar-refractivity contribution in [2.24, 2.45) is 0 Å². The molecule has 2 aromatic rings. The van der Waals surface area contributed by atoms with Crippen LogP contribution >= 0.6 is 0 Å². The predicted octanol–water partition coefficient (Wildman–Crippen LogP) is 1.76. The summed E-state index contributed by atoms with van der Waals surface area (Å²) in [5, 5.41) is 29.3. The second-order valence-corrected chi connectivity index (χ2v) is 3.81. The number of aromatic amines is 1. The van der Waals surface area contributed by atoms with Gasteiger partial charge >= 0.3 is 5.69 Å². The zero-order valence-electron chi connectivity index (χ0n) is 9.99. The van der Waals surface area contributed by atoms with Crippen LogP contribution in [0.25, 0.3) is 0 Å². The van der Waals surface area contributed by atoms with Crippen LogP contribution in [0.2, 0.25) is 0 Å². The average Bonchev–Trinajstić information content (AvgIpc) is 2.92. The van der Waals surface area contributed by atoms with Crippen LogP contribution in [0.3, 0.4) is 0 Å². The second-order valence-electron chi connectivity index (χ2n) is 3.81. The Balaban J connectivity index is 2.35. The van der Waals surface area contributed by atoms with Gasteiger partial charge in [-0.05, 0) is 19.1 Å². The fourth-order valence-electron chi connectivity index (χ4n) is 1.67. The number of nitrogens with zero attached hydrogens (tertiary/aromatic N) is 4. The van der Waals surface area contributed by atoms with Crippen LogP contribution in [-0.4, -0.2) is 20.1 Å². The molecule has 0 fully saturated rings. The van der Waals surface area contributed by atoms with Gasteiger partial charge in [-0.1, -0.05) is 6.07 Å². The van der Waals surface area contributed by atoms with Crippen LogP contribution < -0.4 is 5.32 Å². The van der Waals surface area contributed by atoms with Gasteiger partial charge in [-0.2, -0.15) is 10.4 Å². The molecule has 0 radical (unpaired) electrons. The molecule has 0 aliphatic heterocycles. The summed E-state index contributed by atoms with van der Waals surface area (Å²) >= 11 is 0. The first kappa shape index (κ1) is 12.5. The molecule has 0 aliphatic carbocycles. The van der Waals surface area contributed by atoms with Crippen molar-refractivity contribution in [2.75, 3.05) is 5.32 Å². The summed E-state index contributed by atoms with van der Waals surface area (Å²) < 4.78 is 0. The lowest BCUT2D eigenvalue weighted by Crippen LogP contribution is -2.10. The highest BCUT2D eigenvalue weighted by molar-refractivity contribution is 5.68. The Bertz CT molecular complexity index is 631. The van der Waals surface area contributed by atoms with Crippen molar-refractivity contribution in [3.8, 4) is 6.07 Å². The highest BCUT2D eigenvalue weighted by Gasteiger charge is 2.21. The molecule has 1 aromatic heterocycles. The number of rotatable bonds is 4.